The molecule has 0 aromatic carbocycles. The molecule has 0 spiro atoms. The molecular weight excluding hydrogens is 976 g/mol. The number of carbonyl (C=O) groups excluding carboxylic acids is 2. The Morgan fingerprint density at radius 2 is 0.792 bits per heavy atom. The van der Waals surface area contributed by atoms with Gasteiger partial charge >= 0.3 is 5.97 Å². The van der Waals surface area contributed by atoms with Gasteiger partial charge in [-0.1, -0.05) is 248 Å². The summed E-state index contributed by atoms with van der Waals surface area (Å²) in [5, 5.41) is 3.03. The van der Waals surface area contributed by atoms with Gasteiger partial charge < -0.3 is 28.5 Å². The van der Waals surface area contributed by atoms with Gasteiger partial charge in [-0.3, -0.25) is 14.2 Å². The van der Waals surface area contributed by atoms with Crippen molar-refractivity contribution >= 4 is 19.7 Å². The van der Waals surface area contributed by atoms with Crippen molar-refractivity contribution in [2.24, 2.45) is 0 Å². The van der Waals surface area contributed by atoms with Gasteiger partial charge in [-0.05, 0) is 102 Å². The van der Waals surface area contributed by atoms with E-state index < -0.39 is 26.6 Å². The van der Waals surface area contributed by atoms with E-state index in [0.717, 1.165) is 103 Å². The highest BCUT2D eigenvalue weighted by Crippen LogP contribution is 2.38. The monoisotopic (exact) mass is 1100 g/mol. The second-order valence-electron chi connectivity index (χ2n) is 22.9. The molecule has 0 fully saturated rings. The molecule has 0 radical (unpaired) electrons. The summed E-state index contributed by atoms with van der Waals surface area (Å²) in [6, 6.07) is -0.897. The summed E-state index contributed by atoms with van der Waals surface area (Å²) >= 11 is 0. The summed E-state index contributed by atoms with van der Waals surface area (Å²) < 4.78 is 30.3. The lowest BCUT2D eigenvalue weighted by Crippen LogP contribution is -2.47. The summed E-state index contributed by atoms with van der Waals surface area (Å²) in [5.41, 5.74) is 0. The molecule has 0 aliphatic rings. The predicted octanol–water partition coefficient (Wildman–Crippen LogP) is 19.4. The lowest BCUT2D eigenvalue weighted by Gasteiger charge is -2.30. The van der Waals surface area contributed by atoms with Crippen LogP contribution >= 0.6 is 7.82 Å². The maximum Gasteiger partial charge on any atom is 0.306 e. The minimum absolute atomic E-state index is 0.0268. The maximum absolute atomic E-state index is 13.5. The molecule has 9 nitrogen and oxygen atoms in total. The highest BCUT2D eigenvalue weighted by Gasteiger charge is 2.27. The number of hydrogen-bond donors (Lipinski definition) is 1. The van der Waals surface area contributed by atoms with Crippen molar-refractivity contribution in [3.63, 3.8) is 0 Å². The number of hydrogen-bond acceptors (Lipinski definition) is 7. The molecule has 0 aliphatic heterocycles. The number of esters is 1. The minimum atomic E-state index is -4.70. The molecule has 1 amide bonds. The Bertz CT molecular complexity index is 1550. The lowest BCUT2D eigenvalue weighted by atomic mass is 10.0. The third-order valence-electron chi connectivity index (χ3n) is 14.1. The second-order valence-corrected chi connectivity index (χ2v) is 24.3. The molecule has 0 aromatic rings. The molecular formula is C67H123N2O7P. The molecule has 1 N–H and O–H groups in total. The maximum atomic E-state index is 13.5. The first-order chi connectivity index (χ1) is 37.4. The molecule has 0 saturated heterocycles. The normalized spacial score (nSPS) is 14.1. The topological polar surface area (TPSA) is 114 Å². The Balaban J connectivity index is 5.24. The molecule has 0 rings (SSSR count). The van der Waals surface area contributed by atoms with Gasteiger partial charge in [0.15, 0.2) is 0 Å². The van der Waals surface area contributed by atoms with Crippen LogP contribution in [0.4, 0.5) is 0 Å². The van der Waals surface area contributed by atoms with Crippen molar-refractivity contribution in [1.29, 1.82) is 0 Å². The molecule has 0 bridgehead atoms. The zero-order valence-corrected chi connectivity index (χ0v) is 52.0. The highest BCUT2D eigenvalue weighted by atomic mass is 31.2. The van der Waals surface area contributed by atoms with Crippen LogP contribution in [0.25, 0.3) is 0 Å². The average molecular weight is 1100 g/mol. The largest absolute Gasteiger partial charge is 0.756 e. The average Bonchev–Trinajstić information content (AvgIpc) is 3.39. The van der Waals surface area contributed by atoms with Crippen molar-refractivity contribution in [2.45, 2.75) is 303 Å². The molecule has 0 saturated carbocycles. The fourth-order valence-electron chi connectivity index (χ4n) is 9.09. The Morgan fingerprint density at radius 3 is 1.23 bits per heavy atom. The predicted molar refractivity (Wildman–Crippen MR) is 330 cm³/mol. The Morgan fingerprint density at radius 1 is 0.455 bits per heavy atom. The third-order valence-corrected chi connectivity index (χ3v) is 15.1. The van der Waals surface area contributed by atoms with Gasteiger partial charge in [0.05, 0.1) is 33.8 Å². The summed E-state index contributed by atoms with van der Waals surface area (Å²) in [7, 11) is 1.17. The fourth-order valence-corrected chi connectivity index (χ4v) is 9.81. The molecule has 3 unspecified atom stereocenters. The Labute approximate surface area is 476 Å². The van der Waals surface area contributed by atoms with Crippen LogP contribution in [0.5, 0.6) is 0 Å². The van der Waals surface area contributed by atoms with Gasteiger partial charge in [0.1, 0.15) is 19.3 Å². The van der Waals surface area contributed by atoms with Crippen LogP contribution in [0.15, 0.2) is 72.9 Å². The SMILES string of the molecule is CCCCC/C=C\C/C=C\C/C=C\C/C=C\CCCCCCCCCC(=O)OC(/C=C\CCCCCCCCCCCCC)C(COP(=O)([O-])OCC[N+](C)(C)C)NC(=O)CCCCCCCCC/C=C\CCCCCC. The number of carbonyl (C=O) groups is 2. The van der Waals surface area contributed by atoms with Crippen molar-refractivity contribution in [2.75, 3.05) is 40.9 Å². The molecule has 77 heavy (non-hydrogen) atoms. The van der Waals surface area contributed by atoms with Crippen LogP contribution in [-0.4, -0.2) is 69.4 Å². The standard InChI is InChI=1S/C67H123N2O7P/c1-7-10-13-16-19-22-25-28-30-31-32-33-34-35-36-37-39-42-45-48-51-54-57-60-67(71)76-65(58-55-52-49-46-43-40-27-24-21-18-15-12-9-3)64(63-75-77(72,73)74-62-61-69(4,5)6)68-66(70)59-56-53-50-47-44-41-38-29-26-23-20-17-14-11-8-2/h19,22-23,26,28,30,32-33,35-36,55,58,64-65H,7-18,20-21,24-25,27,29,31,34,37-54,56-57,59-63H2,1-6H3,(H-,68,70,72,73)/b22-19-,26-23-,30-28-,33-32-,36-35-,58-55-. The van der Waals surface area contributed by atoms with Crippen LogP contribution < -0.4 is 10.2 Å². The smallest absolute Gasteiger partial charge is 0.306 e. The number of ether oxygens (including phenoxy) is 1. The van der Waals surface area contributed by atoms with E-state index in [1.807, 2.05) is 33.3 Å². The lowest BCUT2D eigenvalue weighted by molar-refractivity contribution is -0.870. The zero-order chi connectivity index (χ0) is 56.4. The number of allylic oxidation sites excluding steroid dienone is 11. The molecule has 3 atom stereocenters. The first-order valence-corrected chi connectivity index (χ1v) is 33.7. The number of nitrogens with one attached hydrogen (secondary N) is 1. The van der Waals surface area contributed by atoms with Crippen molar-refractivity contribution in [1.82, 2.24) is 5.32 Å². The van der Waals surface area contributed by atoms with E-state index in [2.05, 4.69) is 86.8 Å². The van der Waals surface area contributed by atoms with Crippen molar-refractivity contribution in [3.05, 3.63) is 72.9 Å². The van der Waals surface area contributed by atoms with Crippen LogP contribution in [0, 0.1) is 0 Å². The van der Waals surface area contributed by atoms with Gasteiger partial charge in [-0.25, -0.2) is 0 Å². The first kappa shape index (κ1) is 74.5. The van der Waals surface area contributed by atoms with Crippen molar-refractivity contribution < 1.29 is 37.3 Å². The highest BCUT2D eigenvalue weighted by molar-refractivity contribution is 7.45. The minimum Gasteiger partial charge on any atom is -0.756 e. The fraction of sp³-hybridized carbons (Fsp3) is 0.791. The van der Waals surface area contributed by atoms with Gasteiger partial charge in [-0.2, -0.15) is 0 Å². The van der Waals surface area contributed by atoms with Gasteiger partial charge in [0, 0.05) is 12.8 Å². The van der Waals surface area contributed by atoms with E-state index in [1.165, 1.54) is 154 Å². The van der Waals surface area contributed by atoms with Crippen LogP contribution in [0.1, 0.15) is 290 Å². The van der Waals surface area contributed by atoms with Crippen LogP contribution in [0.3, 0.4) is 0 Å². The van der Waals surface area contributed by atoms with Gasteiger partial charge in [0.25, 0.3) is 7.82 Å². The summed E-state index contributed by atoms with van der Waals surface area (Å²) in [6.45, 7) is 6.81. The van der Waals surface area contributed by atoms with E-state index in [4.69, 9.17) is 13.8 Å². The van der Waals surface area contributed by atoms with E-state index in [9.17, 15) is 19.0 Å². The number of rotatable bonds is 58. The van der Waals surface area contributed by atoms with E-state index in [1.54, 1.807) is 0 Å². The number of phosphoric acid groups is 1. The molecule has 0 aliphatic carbocycles. The van der Waals surface area contributed by atoms with E-state index in [0.29, 0.717) is 17.4 Å². The Kier molecular flexibility index (Phi) is 54.8. The van der Waals surface area contributed by atoms with Gasteiger partial charge in [-0.15, -0.1) is 0 Å². The number of likely N-dealkylation sites (N-methyl/N-ethyl adjacent to an activating group) is 1. The van der Waals surface area contributed by atoms with Crippen LogP contribution in [0.2, 0.25) is 0 Å². The third kappa shape index (κ3) is 57.9. The summed E-state index contributed by atoms with van der Waals surface area (Å²) in [6.07, 6.45) is 72.9. The van der Waals surface area contributed by atoms with E-state index in [-0.39, 0.29) is 24.9 Å². The van der Waals surface area contributed by atoms with E-state index >= 15 is 0 Å². The molecule has 448 valence electrons. The molecule has 10 heteroatoms. The van der Waals surface area contributed by atoms with Crippen LogP contribution in [-0.2, 0) is 27.9 Å². The number of nitrogens with zero attached hydrogens (tertiary/aromatic N) is 1. The second kappa shape index (κ2) is 56.7. The number of phosphoric ester groups is 1. The number of unbranched alkanes of at least 4 members (excludes halogenated alkanes) is 32. The van der Waals surface area contributed by atoms with Gasteiger partial charge in [0.2, 0.25) is 5.91 Å². The first-order valence-electron chi connectivity index (χ1n) is 32.2. The summed E-state index contributed by atoms with van der Waals surface area (Å²) in [4.78, 5) is 40.0. The quantitative estimate of drug-likeness (QED) is 0.0212. The zero-order valence-electron chi connectivity index (χ0n) is 51.2. The Hall–Kier alpha value is -2.55. The number of amides is 1. The molecule has 0 aromatic heterocycles. The summed E-state index contributed by atoms with van der Waals surface area (Å²) in [5.74, 6) is -0.554. The number of quaternary nitrogens is 1. The molecule has 0 heterocycles. The van der Waals surface area contributed by atoms with Crippen molar-refractivity contribution in [3.8, 4) is 0 Å².